The number of aryl methyl sites for hydroxylation is 1. The van der Waals surface area contributed by atoms with Gasteiger partial charge in [-0.2, -0.15) is 13.2 Å². The van der Waals surface area contributed by atoms with Crippen LogP contribution in [0, 0.1) is 6.92 Å². The maximum Gasteiger partial charge on any atom is 0.430 e. The van der Waals surface area contributed by atoms with E-state index in [9.17, 15) is 23.1 Å². The molecule has 1 aromatic rings. The molecule has 1 unspecified atom stereocenters. The summed E-state index contributed by atoms with van der Waals surface area (Å²) >= 11 is 0. The first-order valence-electron chi connectivity index (χ1n) is 5.22. The Kier molecular flexibility index (Phi) is 2.92. The van der Waals surface area contributed by atoms with Crippen molar-refractivity contribution in [2.75, 3.05) is 0 Å². The predicted octanol–water partition coefficient (Wildman–Crippen LogP) is 2.49. The SMILES string of the molecule is Cc1cc(O)cc2c1OC(C(F)(F)F)C(C(=O)O)=C2. The minimum atomic E-state index is -4.83. The topological polar surface area (TPSA) is 66.8 Å². The van der Waals surface area contributed by atoms with Crippen molar-refractivity contribution in [3.8, 4) is 11.5 Å². The summed E-state index contributed by atoms with van der Waals surface area (Å²) in [6.07, 6.45) is -6.47. The highest BCUT2D eigenvalue weighted by Crippen LogP contribution is 2.40. The Bertz CT molecular complexity index is 575. The highest BCUT2D eigenvalue weighted by molar-refractivity contribution is 5.95. The van der Waals surface area contributed by atoms with Crippen molar-refractivity contribution in [2.45, 2.75) is 19.2 Å². The molecule has 2 rings (SSSR count). The number of carboxylic acids is 1. The van der Waals surface area contributed by atoms with Crippen LogP contribution in [0.15, 0.2) is 17.7 Å². The molecule has 1 aliphatic heterocycles. The summed E-state index contributed by atoms with van der Waals surface area (Å²) in [5.41, 5.74) is -0.509. The van der Waals surface area contributed by atoms with E-state index in [2.05, 4.69) is 0 Å². The minimum Gasteiger partial charge on any atom is -0.508 e. The van der Waals surface area contributed by atoms with E-state index in [0.29, 0.717) is 5.56 Å². The van der Waals surface area contributed by atoms with E-state index in [0.717, 1.165) is 12.1 Å². The molecule has 0 aromatic heterocycles. The lowest BCUT2D eigenvalue weighted by Crippen LogP contribution is -2.40. The number of aromatic hydroxyl groups is 1. The van der Waals surface area contributed by atoms with Gasteiger partial charge < -0.3 is 14.9 Å². The molecule has 0 saturated carbocycles. The number of halogens is 3. The average Bonchev–Trinajstić information content (AvgIpc) is 2.25. The van der Waals surface area contributed by atoms with Gasteiger partial charge in [0.2, 0.25) is 6.10 Å². The van der Waals surface area contributed by atoms with Gasteiger partial charge in [-0.1, -0.05) is 0 Å². The minimum absolute atomic E-state index is 0.0786. The second-order valence-electron chi connectivity index (χ2n) is 4.13. The number of benzene rings is 1. The zero-order chi connectivity index (χ0) is 14.4. The Morgan fingerprint density at radius 3 is 2.53 bits per heavy atom. The maximum absolute atomic E-state index is 12.8. The van der Waals surface area contributed by atoms with Gasteiger partial charge in [0.1, 0.15) is 11.5 Å². The Hall–Kier alpha value is -2.18. The molecule has 1 atom stereocenters. The summed E-state index contributed by atoms with van der Waals surface area (Å²) in [5, 5.41) is 18.2. The van der Waals surface area contributed by atoms with E-state index in [-0.39, 0.29) is 17.1 Å². The van der Waals surface area contributed by atoms with Gasteiger partial charge in [-0.15, -0.1) is 0 Å². The smallest absolute Gasteiger partial charge is 0.430 e. The van der Waals surface area contributed by atoms with Crippen LogP contribution in [-0.2, 0) is 4.79 Å². The van der Waals surface area contributed by atoms with Crippen molar-refractivity contribution < 1.29 is 32.9 Å². The first-order chi connectivity index (χ1) is 8.70. The lowest BCUT2D eigenvalue weighted by Gasteiger charge is -2.28. The van der Waals surface area contributed by atoms with Crippen molar-refractivity contribution in [2.24, 2.45) is 0 Å². The first-order valence-corrected chi connectivity index (χ1v) is 5.22. The Morgan fingerprint density at radius 1 is 1.37 bits per heavy atom. The molecule has 1 aliphatic rings. The standard InChI is InChI=1S/C12H9F3O4/c1-5-2-7(16)3-6-4-8(11(17)18)10(12(13,14)15)19-9(5)6/h2-4,10,16H,1H3,(H,17,18). The highest BCUT2D eigenvalue weighted by Gasteiger charge is 2.48. The summed E-state index contributed by atoms with van der Waals surface area (Å²) in [7, 11) is 0. The Balaban J connectivity index is 2.61. The van der Waals surface area contributed by atoms with Gasteiger partial charge in [0.05, 0.1) is 5.57 Å². The van der Waals surface area contributed by atoms with E-state index in [1.165, 1.54) is 13.0 Å². The van der Waals surface area contributed by atoms with Crippen LogP contribution in [0.2, 0.25) is 0 Å². The third-order valence-corrected chi connectivity index (χ3v) is 2.66. The second kappa shape index (κ2) is 4.18. The number of aliphatic carboxylic acids is 1. The number of hydrogen-bond acceptors (Lipinski definition) is 3. The van der Waals surface area contributed by atoms with Gasteiger partial charge >= 0.3 is 12.1 Å². The summed E-state index contributed by atoms with van der Waals surface area (Å²) in [6, 6.07) is 2.39. The van der Waals surface area contributed by atoms with Crippen LogP contribution >= 0.6 is 0 Å². The van der Waals surface area contributed by atoms with Crippen LogP contribution in [0.5, 0.6) is 11.5 Å². The molecule has 0 spiro atoms. The third kappa shape index (κ3) is 2.35. The molecule has 0 aliphatic carbocycles. The predicted molar refractivity (Wildman–Crippen MR) is 58.9 cm³/mol. The molecule has 1 aromatic carbocycles. The van der Waals surface area contributed by atoms with Gasteiger partial charge in [0.15, 0.2) is 0 Å². The van der Waals surface area contributed by atoms with Crippen LogP contribution in [0.4, 0.5) is 13.2 Å². The number of phenolic OH excluding ortho intramolecular Hbond substituents is 1. The third-order valence-electron chi connectivity index (χ3n) is 2.66. The maximum atomic E-state index is 12.8. The molecule has 1 heterocycles. The van der Waals surface area contributed by atoms with E-state index in [4.69, 9.17) is 9.84 Å². The molecule has 2 N–H and O–H groups in total. The Morgan fingerprint density at radius 2 is 2.00 bits per heavy atom. The molecule has 0 radical (unpaired) electrons. The lowest BCUT2D eigenvalue weighted by atomic mass is 9.99. The largest absolute Gasteiger partial charge is 0.508 e. The number of fused-ring (bicyclic) bond motifs is 1. The molecule has 0 amide bonds. The van der Waals surface area contributed by atoms with Crippen LogP contribution in [-0.4, -0.2) is 28.5 Å². The lowest BCUT2D eigenvalue weighted by molar-refractivity contribution is -0.187. The monoisotopic (exact) mass is 274 g/mol. The van der Waals surface area contributed by atoms with Crippen LogP contribution in [0.1, 0.15) is 11.1 Å². The fourth-order valence-electron chi connectivity index (χ4n) is 1.89. The highest BCUT2D eigenvalue weighted by atomic mass is 19.4. The fourth-order valence-corrected chi connectivity index (χ4v) is 1.89. The van der Waals surface area contributed by atoms with Crippen molar-refractivity contribution in [3.63, 3.8) is 0 Å². The number of rotatable bonds is 1. The van der Waals surface area contributed by atoms with Crippen molar-refractivity contribution >= 4 is 12.0 Å². The number of alkyl halides is 3. The number of carboxylic acid groups (broad SMARTS) is 1. The van der Waals surface area contributed by atoms with E-state index in [1.807, 2.05) is 0 Å². The molecule has 0 bridgehead atoms. The molecule has 0 saturated heterocycles. The van der Waals surface area contributed by atoms with Crippen molar-refractivity contribution in [3.05, 3.63) is 28.8 Å². The van der Waals surface area contributed by atoms with Crippen molar-refractivity contribution in [1.29, 1.82) is 0 Å². The molecular weight excluding hydrogens is 265 g/mol. The fraction of sp³-hybridized carbons (Fsp3) is 0.250. The normalized spacial score (nSPS) is 18.3. The number of ether oxygens (including phenoxy) is 1. The van der Waals surface area contributed by atoms with Crippen LogP contribution < -0.4 is 4.74 Å². The van der Waals surface area contributed by atoms with E-state index >= 15 is 0 Å². The van der Waals surface area contributed by atoms with Gasteiger partial charge in [0.25, 0.3) is 0 Å². The summed E-state index contributed by atoms with van der Waals surface area (Å²) in [5.74, 6) is -1.97. The van der Waals surface area contributed by atoms with Crippen LogP contribution in [0.25, 0.3) is 6.08 Å². The Labute approximate surface area is 105 Å². The van der Waals surface area contributed by atoms with Crippen molar-refractivity contribution in [1.82, 2.24) is 0 Å². The number of hydrogen-bond donors (Lipinski definition) is 2. The van der Waals surface area contributed by atoms with Gasteiger partial charge in [-0.3, -0.25) is 0 Å². The first kappa shape index (κ1) is 13.3. The van der Waals surface area contributed by atoms with Crippen LogP contribution in [0.3, 0.4) is 0 Å². The van der Waals surface area contributed by atoms with Gasteiger partial charge in [-0.05, 0) is 30.7 Å². The zero-order valence-corrected chi connectivity index (χ0v) is 9.65. The molecule has 0 fully saturated rings. The van der Waals surface area contributed by atoms with Gasteiger partial charge in [0, 0.05) is 5.56 Å². The quantitative estimate of drug-likeness (QED) is 0.825. The average molecular weight is 274 g/mol. The zero-order valence-electron chi connectivity index (χ0n) is 9.65. The summed E-state index contributed by atoms with van der Waals surface area (Å²) in [6.45, 7) is 1.46. The van der Waals surface area contributed by atoms with E-state index in [1.54, 1.807) is 0 Å². The molecule has 7 heteroatoms. The molecule has 4 nitrogen and oxygen atoms in total. The molecule has 102 valence electrons. The second-order valence-corrected chi connectivity index (χ2v) is 4.13. The molecule has 19 heavy (non-hydrogen) atoms. The van der Waals surface area contributed by atoms with Gasteiger partial charge in [-0.25, -0.2) is 4.79 Å². The number of carbonyl (C=O) groups is 1. The summed E-state index contributed by atoms with van der Waals surface area (Å²) < 4.78 is 43.1. The summed E-state index contributed by atoms with van der Waals surface area (Å²) in [4.78, 5) is 10.9. The van der Waals surface area contributed by atoms with E-state index < -0.39 is 23.8 Å². The number of phenols is 1. The molecular formula is C12H9F3O4.